The summed E-state index contributed by atoms with van der Waals surface area (Å²) in [5.41, 5.74) is 0.249. The van der Waals surface area contributed by atoms with Crippen molar-refractivity contribution in [2.24, 2.45) is 0 Å². The molecule has 32 heavy (non-hydrogen) atoms. The molecule has 2 aromatic carbocycles. The van der Waals surface area contributed by atoms with Crippen molar-refractivity contribution >= 4 is 50.5 Å². The van der Waals surface area contributed by atoms with E-state index in [-0.39, 0.29) is 27.1 Å². The Kier molecular flexibility index (Phi) is 7.47. The summed E-state index contributed by atoms with van der Waals surface area (Å²) in [4.78, 5) is 16.5. The molecule has 0 fully saturated rings. The van der Waals surface area contributed by atoms with Gasteiger partial charge in [-0.2, -0.15) is 23.0 Å². The lowest BCUT2D eigenvalue weighted by Gasteiger charge is -2.11. The number of carbonyl (C=O) groups excluding carboxylic acids is 1. The second kappa shape index (κ2) is 10.3. The normalized spacial score (nSPS) is 11.5. The van der Waals surface area contributed by atoms with Crippen LogP contribution in [0.25, 0.3) is 6.08 Å². The van der Waals surface area contributed by atoms with Crippen LogP contribution in [0, 0.1) is 11.3 Å². The maximum atomic E-state index is 12.5. The summed E-state index contributed by atoms with van der Waals surface area (Å²) in [6.07, 6.45) is 3.14. The Balaban J connectivity index is 1.83. The average Bonchev–Trinajstić information content (AvgIpc) is 3.26. The van der Waals surface area contributed by atoms with E-state index in [9.17, 15) is 18.5 Å². The van der Waals surface area contributed by atoms with Gasteiger partial charge in [0.15, 0.2) is 11.5 Å². The van der Waals surface area contributed by atoms with Gasteiger partial charge in [0, 0.05) is 11.5 Å². The number of aromatic nitrogens is 2. The molecule has 0 saturated carbocycles. The van der Waals surface area contributed by atoms with Crippen LogP contribution in [0.3, 0.4) is 0 Å². The smallest absolute Gasteiger partial charge is 0.339 e. The van der Waals surface area contributed by atoms with Crippen molar-refractivity contribution in [3.05, 3.63) is 59.7 Å². The molecule has 0 aliphatic rings. The molecule has 0 spiro atoms. The molecule has 12 heteroatoms. The fraction of sp³-hybridized carbons (Fsp3) is 0.100. The molecule has 1 N–H and O–H groups in total. The summed E-state index contributed by atoms with van der Waals surface area (Å²) in [5, 5.41) is 12.7. The molecule has 9 nitrogen and oxygen atoms in total. The van der Waals surface area contributed by atoms with Crippen LogP contribution < -0.4 is 14.2 Å². The van der Waals surface area contributed by atoms with Gasteiger partial charge in [0.2, 0.25) is 10.3 Å². The highest BCUT2D eigenvalue weighted by Gasteiger charge is 2.19. The van der Waals surface area contributed by atoms with Crippen LogP contribution >= 0.6 is 23.3 Å². The van der Waals surface area contributed by atoms with Crippen molar-refractivity contribution in [2.75, 3.05) is 18.7 Å². The van der Waals surface area contributed by atoms with Gasteiger partial charge < -0.3 is 8.92 Å². The molecular formula is C20H16N4O5S3. The average molecular weight is 489 g/mol. The minimum atomic E-state index is -4.06. The molecule has 1 aromatic heterocycles. The number of thioether (sulfide) groups is 1. The van der Waals surface area contributed by atoms with Crippen LogP contribution in [-0.2, 0) is 14.9 Å². The Labute approximate surface area is 193 Å². The van der Waals surface area contributed by atoms with Gasteiger partial charge in [-0.3, -0.25) is 10.1 Å². The summed E-state index contributed by atoms with van der Waals surface area (Å²) in [7, 11) is -2.71. The molecule has 0 saturated heterocycles. The number of hydrogen-bond donors (Lipinski definition) is 1. The molecule has 3 aromatic rings. The molecule has 164 valence electrons. The molecule has 0 radical (unpaired) electrons. The van der Waals surface area contributed by atoms with Gasteiger partial charge in [0.25, 0.3) is 5.91 Å². The summed E-state index contributed by atoms with van der Waals surface area (Å²) in [6, 6.07) is 13.9. The van der Waals surface area contributed by atoms with Crippen LogP contribution in [0.5, 0.6) is 11.5 Å². The molecule has 0 unspecified atom stereocenters. The maximum Gasteiger partial charge on any atom is 0.339 e. The lowest BCUT2D eigenvalue weighted by Crippen LogP contribution is -2.13. The monoisotopic (exact) mass is 488 g/mol. The predicted octanol–water partition coefficient (Wildman–Crippen LogP) is 3.58. The first-order valence-corrected chi connectivity index (χ1v) is 12.3. The van der Waals surface area contributed by atoms with Crippen LogP contribution in [0.15, 0.2) is 64.2 Å². The molecular weight excluding hydrogens is 472 g/mol. The van der Waals surface area contributed by atoms with Gasteiger partial charge in [0.05, 0.1) is 7.11 Å². The Bertz CT molecular complexity index is 1300. The SMILES string of the molecule is COc1cc(C=C(C#N)C(=O)Nc2nc(SC)ns2)ccc1OS(=O)(=O)c1ccccc1. The van der Waals surface area contributed by atoms with E-state index in [0.717, 1.165) is 11.5 Å². The van der Waals surface area contributed by atoms with Crippen LogP contribution in [0.4, 0.5) is 5.13 Å². The molecule has 1 amide bonds. The number of nitrogens with one attached hydrogen (secondary N) is 1. The second-order valence-corrected chi connectivity index (χ2v) is 9.04. The number of carbonyl (C=O) groups is 1. The number of anilines is 1. The zero-order valence-electron chi connectivity index (χ0n) is 16.8. The summed E-state index contributed by atoms with van der Waals surface area (Å²) in [6.45, 7) is 0. The molecule has 0 bridgehead atoms. The van der Waals surface area contributed by atoms with Gasteiger partial charge in [-0.05, 0) is 42.2 Å². The third-order valence-corrected chi connectivity index (χ3v) is 6.45. The number of methoxy groups -OCH3 is 1. The number of nitrogens with zero attached hydrogens (tertiary/aromatic N) is 3. The summed E-state index contributed by atoms with van der Waals surface area (Å²) in [5.74, 6) is -0.568. The maximum absolute atomic E-state index is 12.5. The number of amides is 1. The van der Waals surface area contributed by atoms with Crippen LogP contribution in [0.1, 0.15) is 5.56 Å². The zero-order valence-corrected chi connectivity index (χ0v) is 19.3. The quantitative estimate of drug-likeness (QED) is 0.219. The highest BCUT2D eigenvalue weighted by Crippen LogP contribution is 2.31. The van der Waals surface area contributed by atoms with Crippen molar-refractivity contribution in [3.63, 3.8) is 0 Å². The topological polar surface area (TPSA) is 131 Å². The van der Waals surface area contributed by atoms with Crippen LogP contribution in [-0.4, -0.2) is 37.0 Å². The molecule has 0 atom stereocenters. The molecule has 1 heterocycles. The van der Waals surface area contributed by atoms with Crippen molar-refractivity contribution in [3.8, 4) is 17.6 Å². The van der Waals surface area contributed by atoms with E-state index in [1.54, 1.807) is 24.5 Å². The first kappa shape index (κ1) is 23.3. The van der Waals surface area contributed by atoms with E-state index in [1.165, 1.54) is 55.3 Å². The number of rotatable bonds is 8. The third-order valence-electron chi connectivity index (χ3n) is 3.91. The van der Waals surface area contributed by atoms with Crippen molar-refractivity contribution < 1.29 is 22.1 Å². The van der Waals surface area contributed by atoms with E-state index >= 15 is 0 Å². The van der Waals surface area contributed by atoms with Gasteiger partial charge in [-0.25, -0.2) is 0 Å². The van der Waals surface area contributed by atoms with Gasteiger partial charge in [-0.15, -0.1) is 0 Å². The first-order chi connectivity index (χ1) is 15.4. The highest BCUT2D eigenvalue weighted by atomic mass is 32.2. The number of ether oxygens (including phenoxy) is 1. The fourth-order valence-electron chi connectivity index (χ4n) is 2.42. The molecule has 3 rings (SSSR count). The zero-order chi connectivity index (χ0) is 23.1. The molecule has 0 aliphatic carbocycles. The Hall–Kier alpha value is -3.40. The predicted molar refractivity (Wildman–Crippen MR) is 121 cm³/mol. The van der Waals surface area contributed by atoms with E-state index in [0.29, 0.717) is 10.7 Å². The Morgan fingerprint density at radius 2 is 1.97 bits per heavy atom. The van der Waals surface area contributed by atoms with Crippen molar-refractivity contribution in [2.45, 2.75) is 10.1 Å². The fourth-order valence-corrected chi connectivity index (χ4v) is 4.50. The van der Waals surface area contributed by atoms with E-state index in [2.05, 4.69) is 14.7 Å². The number of benzene rings is 2. The summed E-state index contributed by atoms with van der Waals surface area (Å²) >= 11 is 2.33. The van der Waals surface area contributed by atoms with E-state index in [4.69, 9.17) is 8.92 Å². The third kappa shape index (κ3) is 5.64. The van der Waals surface area contributed by atoms with Gasteiger partial charge in [0.1, 0.15) is 16.5 Å². The summed E-state index contributed by atoms with van der Waals surface area (Å²) < 4.78 is 39.4. The van der Waals surface area contributed by atoms with Gasteiger partial charge in [-0.1, -0.05) is 36.0 Å². The lowest BCUT2D eigenvalue weighted by molar-refractivity contribution is -0.112. The largest absolute Gasteiger partial charge is 0.493 e. The minimum absolute atomic E-state index is 0.00392. The van der Waals surface area contributed by atoms with Gasteiger partial charge >= 0.3 is 10.1 Å². The van der Waals surface area contributed by atoms with Crippen molar-refractivity contribution in [1.82, 2.24) is 9.36 Å². The Morgan fingerprint density at radius 1 is 1.22 bits per heavy atom. The molecule has 0 aliphatic heterocycles. The minimum Gasteiger partial charge on any atom is -0.493 e. The second-order valence-electron chi connectivity index (χ2n) is 5.97. The van der Waals surface area contributed by atoms with E-state index in [1.807, 2.05) is 6.07 Å². The lowest BCUT2D eigenvalue weighted by atomic mass is 10.1. The standard InChI is InChI=1S/C20H16N4O5S3/c1-28-17-11-13(8-9-16(17)29-32(26,27)15-6-4-3-5-7-15)10-14(12-21)18(25)22-19-23-20(30-2)24-31-19/h3-11H,1-2H3,(H,22,23,24,25). The number of nitriles is 1. The Morgan fingerprint density at radius 3 is 2.59 bits per heavy atom. The van der Waals surface area contributed by atoms with Crippen molar-refractivity contribution in [1.29, 1.82) is 5.26 Å². The first-order valence-electron chi connectivity index (χ1n) is 8.84. The number of hydrogen-bond acceptors (Lipinski definition) is 10. The van der Waals surface area contributed by atoms with Crippen LogP contribution in [0.2, 0.25) is 0 Å². The van der Waals surface area contributed by atoms with E-state index < -0.39 is 16.0 Å². The highest BCUT2D eigenvalue weighted by molar-refractivity contribution is 7.98.